The topological polar surface area (TPSA) is 64.6 Å². The number of benzene rings is 1. The number of hydrogen-bond acceptors (Lipinski definition) is 5. The fourth-order valence-corrected chi connectivity index (χ4v) is 2.04. The molecule has 0 saturated heterocycles. The van der Waals surface area contributed by atoms with Crippen molar-refractivity contribution in [3.63, 3.8) is 0 Å². The summed E-state index contributed by atoms with van der Waals surface area (Å²) in [6.07, 6.45) is 1.56. The van der Waals surface area contributed by atoms with Crippen molar-refractivity contribution in [3.8, 4) is 0 Å². The fraction of sp³-hybridized carbons (Fsp3) is 0.375. The van der Waals surface area contributed by atoms with Gasteiger partial charge in [0.15, 0.2) is 5.92 Å². The number of carbonyl (C=O) groups excluding carboxylic acids is 2. The molecule has 1 aromatic carbocycles. The molecule has 6 heteroatoms. The van der Waals surface area contributed by atoms with Crippen LogP contribution in [0.2, 0.25) is 0 Å². The normalized spacial score (nSPS) is 11.7. The first-order valence-electron chi connectivity index (χ1n) is 6.74. The van der Waals surface area contributed by atoms with E-state index < -0.39 is 29.7 Å². The van der Waals surface area contributed by atoms with Crippen molar-refractivity contribution >= 4 is 17.6 Å². The number of carbonyl (C=O) groups is 2. The molecule has 0 bridgehead atoms. The number of anilines is 1. The Balaban J connectivity index is 2.93. The number of rotatable bonds is 7. The zero-order valence-corrected chi connectivity index (χ0v) is 12.9. The van der Waals surface area contributed by atoms with Gasteiger partial charge in [0.05, 0.1) is 19.9 Å². The standard InChI is InChI=1S/C16H20FNO4/c1-5-11(9-12(15(19)21-3)16(20)22-4)18-14-10(2)7-6-8-13(14)17/h5-8,11-12,18H,1,9H2,2-4H3. The van der Waals surface area contributed by atoms with E-state index in [9.17, 15) is 14.0 Å². The summed E-state index contributed by atoms with van der Waals surface area (Å²) >= 11 is 0. The number of halogens is 1. The second kappa shape index (κ2) is 8.17. The van der Waals surface area contributed by atoms with Crippen molar-refractivity contribution in [3.05, 3.63) is 42.2 Å². The van der Waals surface area contributed by atoms with E-state index in [-0.39, 0.29) is 6.42 Å². The van der Waals surface area contributed by atoms with Gasteiger partial charge >= 0.3 is 11.9 Å². The van der Waals surface area contributed by atoms with Gasteiger partial charge in [0.25, 0.3) is 0 Å². The average Bonchev–Trinajstić information content (AvgIpc) is 2.52. The number of esters is 2. The summed E-state index contributed by atoms with van der Waals surface area (Å²) in [6, 6.07) is 4.18. The summed E-state index contributed by atoms with van der Waals surface area (Å²) in [6.45, 7) is 5.40. The molecule has 5 nitrogen and oxygen atoms in total. The third kappa shape index (κ3) is 4.31. The van der Waals surface area contributed by atoms with Gasteiger partial charge in [0.2, 0.25) is 0 Å². The number of para-hydroxylation sites is 1. The van der Waals surface area contributed by atoms with Crippen molar-refractivity contribution < 1.29 is 23.5 Å². The monoisotopic (exact) mass is 309 g/mol. The van der Waals surface area contributed by atoms with Crippen LogP contribution in [0.15, 0.2) is 30.9 Å². The Morgan fingerprint density at radius 2 is 1.91 bits per heavy atom. The van der Waals surface area contributed by atoms with E-state index in [2.05, 4.69) is 21.4 Å². The maximum atomic E-state index is 13.9. The average molecular weight is 309 g/mol. The lowest BCUT2D eigenvalue weighted by Gasteiger charge is -2.21. The molecule has 1 aromatic rings. The van der Waals surface area contributed by atoms with Crippen LogP contribution < -0.4 is 5.32 Å². The molecule has 0 heterocycles. The number of hydrogen-bond donors (Lipinski definition) is 1. The lowest BCUT2D eigenvalue weighted by Crippen LogP contribution is -2.32. The molecule has 1 rings (SSSR count). The van der Waals surface area contributed by atoms with Gasteiger partial charge in [0, 0.05) is 6.04 Å². The highest BCUT2D eigenvalue weighted by molar-refractivity contribution is 5.94. The van der Waals surface area contributed by atoms with Crippen LogP contribution in [0.5, 0.6) is 0 Å². The van der Waals surface area contributed by atoms with E-state index in [1.165, 1.54) is 26.4 Å². The molecule has 0 amide bonds. The lowest BCUT2D eigenvalue weighted by molar-refractivity contribution is -0.159. The summed E-state index contributed by atoms with van der Waals surface area (Å²) in [5.41, 5.74) is 1.01. The SMILES string of the molecule is C=CC(CC(C(=O)OC)C(=O)OC)Nc1c(C)cccc1F. The van der Waals surface area contributed by atoms with Gasteiger partial charge in [-0.2, -0.15) is 0 Å². The van der Waals surface area contributed by atoms with Crippen LogP contribution in [0, 0.1) is 18.7 Å². The van der Waals surface area contributed by atoms with Crippen LogP contribution in [0.25, 0.3) is 0 Å². The van der Waals surface area contributed by atoms with Gasteiger partial charge in [-0.1, -0.05) is 18.2 Å². The van der Waals surface area contributed by atoms with E-state index in [0.29, 0.717) is 11.3 Å². The Labute approximate surface area is 129 Å². The first-order valence-corrected chi connectivity index (χ1v) is 6.74. The minimum Gasteiger partial charge on any atom is -0.468 e. The molecule has 0 saturated carbocycles. The van der Waals surface area contributed by atoms with Crippen LogP contribution in [0.4, 0.5) is 10.1 Å². The molecule has 0 spiro atoms. The number of ether oxygens (including phenoxy) is 2. The van der Waals surface area contributed by atoms with E-state index in [1.54, 1.807) is 19.1 Å². The summed E-state index contributed by atoms with van der Waals surface area (Å²) in [5, 5.41) is 2.95. The van der Waals surface area contributed by atoms with Gasteiger partial charge in [-0.15, -0.1) is 6.58 Å². The largest absolute Gasteiger partial charge is 0.468 e. The highest BCUT2D eigenvalue weighted by Gasteiger charge is 2.31. The molecular formula is C16H20FNO4. The van der Waals surface area contributed by atoms with Gasteiger partial charge in [-0.05, 0) is 25.0 Å². The summed E-state index contributed by atoms with van der Waals surface area (Å²) in [7, 11) is 2.38. The minimum absolute atomic E-state index is 0.0522. The molecule has 0 fully saturated rings. The van der Waals surface area contributed by atoms with Crippen LogP contribution >= 0.6 is 0 Å². The Morgan fingerprint density at radius 3 is 2.36 bits per heavy atom. The Hall–Kier alpha value is -2.37. The van der Waals surface area contributed by atoms with Crippen molar-refractivity contribution in [2.75, 3.05) is 19.5 Å². The van der Waals surface area contributed by atoms with Crippen LogP contribution in [-0.2, 0) is 19.1 Å². The third-order valence-corrected chi connectivity index (χ3v) is 3.30. The maximum absolute atomic E-state index is 13.9. The predicted octanol–water partition coefficient (Wildman–Crippen LogP) is 2.45. The summed E-state index contributed by atoms with van der Waals surface area (Å²) in [5.74, 6) is -2.92. The molecule has 0 radical (unpaired) electrons. The van der Waals surface area contributed by atoms with Crippen LogP contribution in [0.1, 0.15) is 12.0 Å². The van der Waals surface area contributed by atoms with E-state index in [4.69, 9.17) is 0 Å². The lowest BCUT2D eigenvalue weighted by atomic mass is 9.99. The van der Waals surface area contributed by atoms with E-state index >= 15 is 0 Å². The molecule has 0 aliphatic heterocycles. The first-order chi connectivity index (χ1) is 10.4. The molecule has 1 N–H and O–H groups in total. The second-order valence-electron chi connectivity index (χ2n) is 4.75. The maximum Gasteiger partial charge on any atom is 0.320 e. The summed E-state index contributed by atoms with van der Waals surface area (Å²) < 4.78 is 23.1. The van der Waals surface area contributed by atoms with Crippen molar-refractivity contribution in [1.29, 1.82) is 0 Å². The zero-order valence-electron chi connectivity index (χ0n) is 12.9. The van der Waals surface area contributed by atoms with E-state index in [1.807, 2.05) is 0 Å². The molecule has 0 aromatic heterocycles. The molecule has 1 unspecified atom stereocenters. The molecule has 22 heavy (non-hydrogen) atoms. The van der Waals surface area contributed by atoms with Crippen molar-refractivity contribution in [2.24, 2.45) is 5.92 Å². The molecular weight excluding hydrogens is 289 g/mol. The molecule has 120 valence electrons. The highest BCUT2D eigenvalue weighted by Crippen LogP contribution is 2.22. The minimum atomic E-state index is -1.10. The molecule has 1 atom stereocenters. The molecule has 0 aliphatic carbocycles. The highest BCUT2D eigenvalue weighted by atomic mass is 19.1. The van der Waals surface area contributed by atoms with Crippen molar-refractivity contribution in [1.82, 2.24) is 0 Å². The number of methoxy groups -OCH3 is 2. The fourth-order valence-electron chi connectivity index (χ4n) is 2.04. The Kier molecular flexibility index (Phi) is 6.56. The Morgan fingerprint density at radius 1 is 1.32 bits per heavy atom. The summed E-state index contributed by atoms with van der Waals surface area (Å²) in [4.78, 5) is 23.4. The smallest absolute Gasteiger partial charge is 0.320 e. The molecule has 0 aliphatic rings. The van der Waals surface area contributed by atoms with Gasteiger partial charge in [0.1, 0.15) is 5.82 Å². The number of aryl methyl sites for hydroxylation is 1. The van der Waals surface area contributed by atoms with Crippen LogP contribution in [0.3, 0.4) is 0 Å². The first kappa shape index (κ1) is 17.7. The van der Waals surface area contributed by atoms with E-state index in [0.717, 1.165) is 0 Å². The Bertz CT molecular complexity index is 523. The zero-order chi connectivity index (χ0) is 16.7. The third-order valence-electron chi connectivity index (χ3n) is 3.30. The van der Waals surface area contributed by atoms with Gasteiger partial charge in [-0.25, -0.2) is 4.39 Å². The van der Waals surface area contributed by atoms with Crippen LogP contribution in [-0.4, -0.2) is 32.2 Å². The van der Waals surface area contributed by atoms with Gasteiger partial charge < -0.3 is 14.8 Å². The quantitative estimate of drug-likeness (QED) is 0.476. The van der Waals surface area contributed by atoms with Crippen molar-refractivity contribution in [2.45, 2.75) is 19.4 Å². The number of nitrogens with one attached hydrogen (secondary N) is 1. The van der Waals surface area contributed by atoms with Gasteiger partial charge in [-0.3, -0.25) is 9.59 Å². The predicted molar refractivity (Wildman–Crippen MR) is 80.9 cm³/mol. The second-order valence-corrected chi connectivity index (χ2v) is 4.75.